The van der Waals surface area contributed by atoms with Crippen molar-refractivity contribution in [2.24, 2.45) is 0 Å². The molecule has 80 valence electrons. The summed E-state index contributed by atoms with van der Waals surface area (Å²) in [7, 11) is 0. The zero-order valence-corrected chi connectivity index (χ0v) is 8.26. The summed E-state index contributed by atoms with van der Waals surface area (Å²) < 4.78 is 14.9. The molecule has 5 heteroatoms. The standard InChI is InChI=1S/C11H8FN3O/c12-10-4-8(5-11(16)9(10)6-13)7-15-3-1-2-14-15/h1-5,16H,7H2. The molecule has 0 saturated carbocycles. The molecule has 0 unspecified atom stereocenters. The van der Waals surface area contributed by atoms with Crippen LogP contribution in [-0.4, -0.2) is 14.9 Å². The molecular weight excluding hydrogens is 209 g/mol. The molecule has 0 bridgehead atoms. The Balaban J connectivity index is 2.34. The van der Waals surface area contributed by atoms with E-state index < -0.39 is 5.82 Å². The van der Waals surface area contributed by atoms with E-state index >= 15 is 0 Å². The van der Waals surface area contributed by atoms with Crippen LogP contribution in [-0.2, 0) is 6.54 Å². The number of hydrogen-bond acceptors (Lipinski definition) is 3. The van der Waals surface area contributed by atoms with Gasteiger partial charge in [0.1, 0.15) is 23.2 Å². The average molecular weight is 217 g/mol. The Morgan fingerprint density at radius 3 is 2.88 bits per heavy atom. The molecule has 0 fully saturated rings. The van der Waals surface area contributed by atoms with E-state index in [-0.39, 0.29) is 11.3 Å². The number of phenolic OH excluding ortho intramolecular Hbond substituents is 1. The van der Waals surface area contributed by atoms with Crippen molar-refractivity contribution in [1.29, 1.82) is 5.26 Å². The zero-order valence-electron chi connectivity index (χ0n) is 8.26. The van der Waals surface area contributed by atoms with Gasteiger partial charge in [0.2, 0.25) is 0 Å². The van der Waals surface area contributed by atoms with Crippen LogP contribution in [0.2, 0.25) is 0 Å². The lowest BCUT2D eigenvalue weighted by molar-refractivity contribution is 0.464. The molecule has 0 saturated heterocycles. The van der Waals surface area contributed by atoms with Crippen molar-refractivity contribution in [3.63, 3.8) is 0 Å². The Labute approximate surface area is 91.2 Å². The fraction of sp³-hybridized carbons (Fsp3) is 0.0909. The van der Waals surface area contributed by atoms with Crippen molar-refractivity contribution in [2.45, 2.75) is 6.54 Å². The molecule has 1 aromatic heterocycles. The SMILES string of the molecule is N#Cc1c(O)cc(Cn2cccn2)cc1F. The predicted molar refractivity (Wildman–Crippen MR) is 54.1 cm³/mol. The number of halogens is 1. The smallest absolute Gasteiger partial charge is 0.145 e. The van der Waals surface area contributed by atoms with Crippen molar-refractivity contribution < 1.29 is 9.50 Å². The Hall–Kier alpha value is -2.35. The zero-order chi connectivity index (χ0) is 11.5. The molecule has 1 aromatic carbocycles. The minimum Gasteiger partial charge on any atom is -0.506 e. The van der Waals surface area contributed by atoms with E-state index in [4.69, 9.17) is 5.26 Å². The number of aromatic nitrogens is 2. The van der Waals surface area contributed by atoms with Gasteiger partial charge in [0.05, 0.1) is 6.54 Å². The summed E-state index contributed by atoms with van der Waals surface area (Å²) in [6.45, 7) is 0.350. The normalized spacial score (nSPS) is 10.0. The second kappa shape index (κ2) is 4.03. The maximum Gasteiger partial charge on any atom is 0.145 e. The van der Waals surface area contributed by atoms with E-state index in [1.807, 2.05) is 0 Å². The fourth-order valence-electron chi connectivity index (χ4n) is 1.43. The maximum atomic E-state index is 13.3. The minimum atomic E-state index is -0.718. The lowest BCUT2D eigenvalue weighted by Gasteiger charge is -2.04. The molecule has 2 rings (SSSR count). The number of nitriles is 1. The van der Waals surface area contributed by atoms with Crippen LogP contribution in [0.3, 0.4) is 0 Å². The van der Waals surface area contributed by atoms with Gasteiger partial charge in [-0.05, 0) is 23.8 Å². The number of phenols is 1. The number of hydrogen-bond donors (Lipinski definition) is 1. The average Bonchev–Trinajstić information content (AvgIpc) is 2.70. The molecule has 1 heterocycles. The first-order chi connectivity index (χ1) is 7.70. The van der Waals surface area contributed by atoms with E-state index in [9.17, 15) is 9.50 Å². The van der Waals surface area contributed by atoms with Crippen LogP contribution in [0.1, 0.15) is 11.1 Å². The molecule has 0 spiro atoms. The van der Waals surface area contributed by atoms with Gasteiger partial charge in [-0.25, -0.2) is 4.39 Å². The topological polar surface area (TPSA) is 61.8 Å². The quantitative estimate of drug-likeness (QED) is 0.831. The third-order valence-electron chi connectivity index (χ3n) is 2.14. The molecule has 0 aliphatic rings. The first kappa shape index (κ1) is 10.2. The number of rotatable bonds is 2. The highest BCUT2D eigenvalue weighted by Crippen LogP contribution is 2.21. The molecular formula is C11H8FN3O. The summed E-state index contributed by atoms with van der Waals surface area (Å²) in [6, 6.07) is 5.94. The Bertz CT molecular complexity index is 520. The van der Waals surface area contributed by atoms with Crippen molar-refractivity contribution >= 4 is 0 Å². The Morgan fingerprint density at radius 1 is 1.50 bits per heavy atom. The third-order valence-corrected chi connectivity index (χ3v) is 2.14. The first-order valence-corrected chi connectivity index (χ1v) is 4.59. The second-order valence-electron chi connectivity index (χ2n) is 3.29. The Kier molecular flexibility index (Phi) is 2.56. The lowest BCUT2D eigenvalue weighted by Crippen LogP contribution is -2.01. The molecule has 1 N–H and O–H groups in total. The van der Waals surface area contributed by atoms with Gasteiger partial charge in [-0.15, -0.1) is 0 Å². The van der Waals surface area contributed by atoms with Gasteiger partial charge in [-0.2, -0.15) is 10.4 Å². The van der Waals surface area contributed by atoms with Gasteiger partial charge in [0.25, 0.3) is 0 Å². The first-order valence-electron chi connectivity index (χ1n) is 4.59. The molecule has 16 heavy (non-hydrogen) atoms. The van der Waals surface area contributed by atoms with Crippen LogP contribution < -0.4 is 0 Å². The van der Waals surface area contributed by atoms with Crippen LogP contribution in [0, 0.1) is 17.1 Å². The molecule has 0 amide bonds. The monoisotopic (exact) mass is 217 g/mol. The third kappa shape index (κ3) is 1.86. The highest BCUT2D eigenvalue weighted by Gasteiger charge is 2.09. The minimum absolute atomic E-state index is 0.329. The number of benzene rings is 1. The van der Waals surface area contributed by atoms with E-state index in [0.29, 0.717) is 12.1 Å². The molecule has 0 atom stereocenters. The van der Waals surface area contributed by atoms with Gasteiger partial charge in [-0.3, -0.25) is 4.68 Å². The van der Waals surface area contributed by atoms with E-state index in [0.717, 1.165) is 0 Å². The molecule has 0 aliphatic carbocycles. The van der Waals surface area contributed by atoms with Gasteiger partial charge in [0.15, 0.2) is 0 Å². The van der Waals surface area contributed by atoms with Crippen molar-refractivity contribution in [1.82, 2.24) is 9.78 Å². The Morgan fingerprint density at radius 2 is 2.31 bits per heavy atom. The summed E-state index contributed by atoms with van der Waals surface area (Å²) in [4.78, 5) is 0. The summed E-state index contributed by atoms with van der Waals surface area (Å²) in [5.41, 5.74) is 0.224. The molecule has 0 aliphatic heterocycles. The molecule has 0 radical (unpaired) electrons. The second-order valence-corrected chi connectivity index (χ2v) is 3.29. The van der Waals surface area contributed by atoms with Crippen molar-refractivity contribution in [3.05, 3.63) is 47.5 Å². The highest BCUT2D eigenvalue weighted by molar-refractivity contribution is 5.45. The van der Waals surface area contributed by atoms with Gasteiger partial charge in [0, 0.05) is 12.4 Å². The van der Waals surface area contributed by atoms with Crippen LogP contribution in [0.5, 0.6) is 5.75 Å². The van der Waals surface area contributed by atoms with E-state index in [1.165, 1.54) is 12.1 Å². The van der Waals surface area contributed by atoms with E-state index in [2.05, 4.69) is 5.10 Å². The van der Waals surface area contributed by atoms with Crippen molar-refractivity contribution in [3.8, 4) is 11.8 Å². The number of aromatic hydroxyl groups is 1. The molecule has 2 aromatic rings. The predicted octanol–water partition coefficient (Wildman–Crippen LogP) is 1.65. The summed E-state index contributed by atoms with van der Waals surface area (Å²) in [5, 5.41) is 21.9. The summed E-state index contributed by atoms with van der Waals surface area (Å²) in [5.74, 6) is -1.06. The van der Waals surface area contributed by atoms with Crippen LogP contribution in [0.25, 0.3) is 0 Å². The maximum absolute atomic E-state index is 13.3. The van der Waals surface area contributed by atoms with Gasteiger partial charge < -0.3 is 5.11 Å². The van der Waals surface area contributed by atoms with Gasteiger partial charge in [-0.1, -0.05) is 0 Å². The largest absolute Gasteiger partial charge is 0.506 e. The van der Waals surface area contributed by atoms with E-state index in [1.54, 1.807) is 29.2 Å². The number of nitrogens with zero attached hydrogens (tertiary/aromatic N) is 3. The molecule has 4 nitrogen and oxygen atoms in total. The summed E-state index contributed by atoms with van der Waals surface area (Å²) in [6.07, 6.45) is 3.34. The van der Waals surface area contributed by atoms with Gasteiger partial charge >= 0.3 is 0 Å². The lowest BCUT2D eigenvalue weighted by atomic mass is 10.1. The van der Waals surface area contributed by atoms with Crippen LogP contribution in [0.15, 0.2) is 30.6 Å². The van der Waals surface area contributed by atoms with Crippen LogP contribution >= 0.6 is 0 Å². The van der Waals surface area contributed by atoms with Crippen LogP contribution in [0.4, 0.5) is 4.39 Å². The summed E-state index contributed by atoms with van der Waals surface area (Å²) >= 11 is 0. The van der Waals surface area contributed by atoms with Crippen molar-refractivity contribution in [2.75, 3.05) is 0 Å². The fourth-order valence-corrected chi connectivity index (χ4v) is 1.43. The highest BCUT2D eigenvalue weighted by atomic mass is 19.1.